The Bertz CT molecular complexity index is 479. The summed E-state index contributed by atoms with van der Waals surface area (Å²) >= 11 is -0.0783. The number of rotatable bonds is 4. The van der Waals surface area contributed by atoms with Crippen molar-refractivity contribution in [1.29, 1.82) is 0 Å². The third-order valence-electron chi connectivity index (χ3n) is 3.05. The number of thioether (sulfide) groups is 1. The van der Waals surface area contributed by atoms with Crippen molar-refractivity contribution in [1.82, 2.24) is 5.32 Å². The normalized spacial score (nSPS) is 19.1. The van der Waals surface area contributed by atoms with Crippen molar-refractivity contribution in [3.05, 3.63) is 29.8 Å². The predicted octanol–water partition coefficient (Wildman–Crippen LogP) is 2.78. The van der Waals surface area contributed by atoms with E-state index < -0.39 is 11.6 Å². The van der Waals surface area contributed by atoms with Crippen LogP contribution < -0.4 is 10.6 Å². The van der Waals surface area contributed by atoms with Crippen molar-refractivity contribution in [3.8, 4) is 0 Å². The highest BCUT2D eigenvalue weighted by molar-refractivity contribution is 8.00. The van der Waals surface area contributed by atoms with Crippen LogP contribution in [0.15, 0.2) is 24.3 Å². The van der Waals surface area contributed by atoms with Crippen LogP contribution >= 0.6 is 11.8 Å². The van der Waals surface area contributed by atoms with E-state index >= 15 is 0 Å². The molecule has 0 fully saturated rings. The Kier molecular flexibility index (Phi) is 4.93. The smallest absolute Gasteiger partial charge is 0.324 e. The monoisotopic (exact) mass is 304 g/mol. The topological polar surface area (TPSA) is 41.1 Å². The first-order chi connectivity index (χ1) is 9.46. The second-order valence-corrected chi connectivity index (χ2v) is 5.65. The van der Waals surface area contributed by atoms with Crippen LogP contribution in [0.4, 0.5) is 18.9 Å². The van der Waals surface area contributed by atoms with E-state index in [1.807, 2.05) is 24.3 Å². The molecule has 0 saturated carbocycles. The molecule has 0 aliphatic carbocycles. The molecule has 0 radical (unpaired) electrons. The highest BCUT2D eigenvalue weighted by atomic mass is 32.2. The quantitative estimate of drug-likeness (QED) is 0.841. The standard InChI is InChI=1S/C13H15F3N2OS/c14-13(15,16)20-8-7-17-11-6-5-9-3-1-2-4-10(9)18-12(11)19/h1-4,11,17H,5-8H2,(H,18,19). The molecule has 0 bridgehead atoms. The molecule has 2 N–H and O–H groups in total. The average molecular weight is 304 g/mol. The summed E-state index contributed by atoms with van der Waals surface area (Å²) in [5, 5.41) is 5.69. The molecule has 3 nitrogen and oxygen atoms in total. The van der Waals surface area contributed by atoms with Crippen molar-refractivity contribution in [3.63, 3.8) is 0 Å². The lowest BCUT2D eigenvalue weighted by Crippen LogP contribution is -2.41. The Hall–Kier alpha value is -1.21. The van der Waals surface area contributed by atoms with Crippen molar-refractivity contribution >= 4 is 23.4 Å². The van der Waals surface area contributed by atoms with Gasteiger partial charge in [-0.3, -0.25) is 4.79 Å². The molecule has 0 saturated heterocycles. The molecule has 7 heteroatoms. The lowest BCUT2D eigenvalue weighted by molar-refractivity contribution is -0.118. The van der Waals surface area contributed by atoms with Crippen LogP contribution in [0.2, 0.25) is 0 Å². The van der Waals surface area contributed by atoms with Gasteiger partial charge in [0.05, 0.1) is 6.04 Å². The summed E-state index contributed by atoms with van der Waals surface area (Å²) in [4.78, 5) is 12.0. The molecule has 1 aliphatic rings. The molecular weight excluding hydrogens is 289 g/mol. The molecule has 20 heavy (non-hydrogen) atoms. The Morgan fingerprint density at radius 3 is 2.85 bits per heavy atom. The zero-order valence-electron chi connectivity index (χ0n) is 10.7. The maximum atomic E-state index is 12.0. The number of para-hydroxylation sites is 1. The van der Waals surface area contributed by atoms with Gasteiger partial charge < -0.3 is 10.6 Å². The van der Waals surface area contributed by atoms with E-state index in [9.17, 15) is 18.0 Å². The molecule has 2 rings (SSSR count). The molecular formula is C13H15F3N2OS. The van der Waals surface area contributed by atoms with Gasteiger partial charge >= 0.3 is 5.51 Å². The minimum absolute atomic E-state index is 0.0783. The molecule has 0 aromatic heterocycles. The molecule has 1 atom stereocenters. The van der Waals surface area contributed by atoms with Gasteiger partial charge in [-0.15, -0.1) is 0 Å². The second-order valence-electron chi connectivity index (χ2n) is 4.49. The largest absolute Gasteiger partial charge is 0.441 e. The molecule has 1 aromatic rings. The van der Waals surface area contributed by atoms with Crippen molar-refractivity contribution in [2.24, 2.45) is 0 Å². The van der Waals surface area contributed by atoms with Crippen LogP contribution in [0.5, 0.6) is 0 Å². The molecule has 110 valence electrons. The fraction of sp³-hybridized carbons (Fsp3) is 0.462. The third kappa shape index (κ3) is 4.42. The fourth-order valence-corrected chi connectivity index (χ4v) is 2.56. The maximum absolute atomic E-state index is 12.0. The Labute approximate surface area is 119 Å². The van der Waals surface area contributed by atoms with E-state index in [2.05, 4.69) is 10.6 Å². The predicted molar refractivity (Wildman–Crippen MR) is 73.7 cm³/mol. The zero-order chi connectivity index (χ0) is 14.6. The summed E-state index contributed by atoms with van der Waals surface area (Å²) in [7, 11) is 0. The molecule has 1 heterocycles. The van der Waals surface area contributed by atoms with Crippen LogP contribution in [-0.4, -0.2) is 29.8 Å². The number of fused-ring (bicyclic) bond motifs is 1. The van der Waals surface area contributed by atoms with Crippen LogP contribution in [0.25, 0.3) is 0 Å². The Morgan fingerprint density at radius 1 is 1.35 bits per heavy atom. The summed E-state index contributed by atoms with van der Waals surface area (Å²) in [6.45, 7) is 0.151. The molecule has 0 spiro atoms. The minimum atomic E-state index is -4.22. The van der Waals surface area contributed by atoms with Gasteiger partial charge in [0.1, 0.15) is 0 Å². The number of carbonyl (C=O) groups is 1. The van der Waals surface area contributed by atoms with Gasteiger partial charge in [-0.2, -0.15) is 13.2 Å². The average Bonchev–Trinajstić information content (AvgIpc) is 2.53. The zero-order valence-corrected chi connectivity index (χ0v) is 11.5. The summed E-state index contributed by atoms with van der Waals surface area (Å²) in [5.74, 6) is -0.285. The van der Waals surface area contributed by atoms with Crippen LogP contribution in [0.1, 0.15) is 12.0 Å². The number of halogens is 3. The molecule has 1 aliphatic heterocycles. The number of benzene rings is 1. The van der Waals surface area contributed by atoms with Crippen molar-refractivity contribution in [2.75, 3.05) is 17.6 Å². The first-order valence-corrected chi connectivity index (χ1v) is 7.27. The van der Waals surface area contributed by atoms with Gasteiger partial charge in [0, 0.05) is 18.0 Å². The lowest BCUT2D eigenvalue weighted by atomic mass is 10.1. The highest BCUT2D eigenvalue weighted by Gasteiger charge is 2.28. The summed E-state index contributed by atoms with van der Waals surface area (Å²) < 4.78 is 36.0. The summed E-state index contributed by atoms with van der Waals surface area (Å²) in [5.41, 5.74) is -2.38. The van der Waals surface area contributed by atoms with E-state index in [0.29, 0.717) is 6.42 Å². The number of hydrogen-bond donors (Lipinski definition) is 2. The minimum Gasteiger partial charge on any atom is -0.324 e. The first kappa shape index (κ1) is 15.2. The summed E-state index contributed by atoms with van der Waals surface area (Å²) in [6, 6.07) is 7.06. The number of anilines is 1. The second kappa shape index (κ2) is 6.49. The van der Waals surface area contributed by atoms with Gasteiger partial charge in [0.25, 0.3) is 0 Å². The van der Waals surface area contributed by atoms with E-state index in [1.165, 1.54) is 0 Å². The summed E-state index contributed by atoms with van der Waals surface area (Å²) in [6.07, 6.45) is 1.30. The van der Waals surface area contributed by atoms with Gasteiger partial charge in [0.15, 0.2) is 0 Å². The number of alkyl halides is 3. The number of hydrogen-bond acceptors (Lipinski definition) is 3. The lowest BCUT2D eigenvalue weighted by Gasteiger charge is -2.15. The Morgan fingerprint density at radius 2 is 2.10 bits per heavy atom. The SMILES string of the molecule is O=C1Nc2ccccc2CCC1NCCSC(F)(F)F. The number of carbonyl (C=O) groups excluding carboxylic acids is 1. The highest BCUT2D eigenvalue weighted by Crippen LogP contribution is 2.29. The van der Waals surface area contributed by atoms with Gasteiger partial charge in [-0.05, 0) is 36.2 Å². The van der Waals surface area contributed by atoms with Gasteiger partial charge in [-0.1, -0.05) is 18.2 Å². The van der Waals surface area contributed by atoms with E-state index in [-0.39, 0.29) is 30.0 Å². The van der Waals surface area contributed by atoms with E-state index in [0.717, 1.165) is 17.7 Å². The number of nitrogens with one attached hydrogen (secondary N) is 2. The van der Waals surface area contributed by atoms with Crippen LogP contribution in [0, 0.1) is 0 Å². The number of amides is 1. The van der Waals surface area contributed by atoms with E-state index in [1.54, 1.807) is 0 Å². The van der Waals surface area contributed by atoms with Gasteiger partial charge in [0.2, 0.25) is 5.91 Å². The molecule has 1 unspecified atom stereocenters. The van der Waals surface area contributed by atoms with E-state index in [4.69, 9.17) is 0 Å². The third-order valence-corrected chi connectivity index (χ3v) is 3.79. The number of aryl methyl sites for hydroxylation is 1. The Balaban J connectivity index is 1.84. The molecule has 1 aromatic carbocycles. The fourth-order valence-electron chi connectivity index (χ4n) is 2.11. The molecule has 1 amide bonds. The maximum Gasteiger partial charge on any atom is 0.441 e. The van der Waals surface area contributed by atoms with Gasteiger partial charge in [-0.25, -0.2) is 0 Å². The first-order valence-electron chi connectivity index (χ1n) is 6.28. The van der Waals surface area contributed by atoms with Crippen molar-refractivity contribution < 1.29 is 18.0 Å². The van der Waals surface area contributed by atoms with Crippen molar-refractivity contribution in [2.45, 2.75) is 24.4 Å². The van der Waals surface area contributed by atoms with Crippen LogP contribution in [-0.2, 0) is 11.2 Å². The van der Waals surface area contributed by atoms with Crippen LogP contribution in [0.3, 0.4) is 0 Å².